The van der Waals surface area contributed by atoms with Crippen LogP contribution in [0.3, 0.4) is 0 Å². The fraction of sp³-hybridized carbons (Fsp3) is 0.0909. The van der Waals surface area contributed by atoms with Crippen molar-refractivity contribution in [3.05, 3.63) is 46.2 Å². The van der Waals surface area contributed by atoms with Crippen LogP contribution in [-0.4, -0.2) is 10.2 Å². The maximum Gasteiger partial charge on any atom is 0.120 e. The first-order valence-corrected chi connectivity index (χ1v) is 5.42. The van der Waals surface area contributed by atoms with E-state index in [2.05, 4.69) is 0 Å². The van der Waals surface area contributed by atoms with Gasteiger partial charge < -0.3 is 15.9 Å². The third kappa shape index (κ3) is 2.47. The Labute approximate surface area is 104 Å². The molecule has 0 bridgehead atoms. The quantitative estimate of drug-likeness (QED) is 0.725. The minimum Gasteiger partial charge on any atom is -0.508 e. The first kappa shape index (κ1) is 12.8. The van der Waals surface area contributed by atoms with Crippen molar-refractivity contribution in [2.75, 3.05) is 0 Å². The predicted octanol–water partition coefficient (Wildman–Crippen LogP) is 2.63. The normalized spacial score (nSPS) is 11.8. The number of benzene rings is 1. The van der Waals surface area contributed by atoms with E-state index in [9.17, 15) is 10.2 Å². The van der Waals surface area contributed by atoms with Crippen LogP contribution in [0.4, 0.5) is 0 Å². The lowest BCUT2D eigenvalue weighted by atomic mass is 10.0. The first-order chi connectivity index (χ1) is 7.18. The molecule has 0 aliphatic heterocycles. The number of hydrogen-bond donors (Lipinski definition) is 3. The van der Waals surface area contributed by atoms with Crippen LogP contribution in [0.1, 0.15) is 17.2 Å². The number of aromatic hydroxyl groups is 2. The molecule has 1 aromatic carbocycles. The molecule has 5 heteroatoms. The Morgan fingerprint density at radius 3 is 2.56 bits per heavy atom. The van der Waals surface area contributed by atoms with Crippen molar-refractivity contribution in [3.63, 3.8) is 0 Å². The Balaban J connectivity index is 0.00000128. The lowest BCUT2D eigenvalue weighted by Gasteiger charge is -2.12. The van der Waals surface area contributed by atoms with Gasteiger partial charge in [-0.1, -0.05) is 0 Å². The van der Waals surface area contributed by atoms with Gasteiger partial charge in [0.1, 0.15) is 11.5 Å². The first-order valence-electron chi connectivity index (χ1n) is 4.48. The summed E-state index contributed by atoms with van der Waals surface area (Å²) in [6.07, 6.45) is 0. The average molecular weight is 258 g/mol. The summed E-state index contributed by atoms with van der Waals surface area (Å²) in [6, 6.07) is 5.86. The van der Waals surface area contributed by atoms with Gasteiger partial charge in [0, 0.05) is 5.56 Å². The Hall–Kier alpha value is -1.23. The third-order valence-electron chi connectivity index (χ3n) is 2.25. The van der Waals surface area contributed by atoms with Crippen LogP contribution < -0.4 is 5.73 Å². The molecule has 0 aliphatic carbocycles. The van der Waals surface area contributed by atoms with Gasteiger partial charge in [0.25, 0.3) is 0 Å². The van der Waals surface area contributed by atoms with Crippen molar-refractivity contribution < 1.29 is 10.2 Å². The minimum absolute atomic E-state index is 0. The van der Waals surface area contributed by atoms with Crippen LogP contribution >= 0.6 is 23.7 Å². The molecule has 86 valence electrons. The number of phenols is 2. The molecule has 4 N–H and O–H groups in total. The lowest BCUT2D eigenvalue weighted by molar-refractivity contribution is 0.451. The van der Waals surface area contributed by atoms with Gasteiger partial charge in [0.05, 0.1) is 6.04 Å². The largest absolute Gasteiger partial charge is 0.508 e. The molecule has 2 rings (SSSR count). The molecule has 0 spiro atoms. The minimum atomic E-state index is -0.400. The van der Waals surface area contributed by atoms with Crippen molar-refractivity contribution in [1.82, 2.24) is 0 Å². The molecule has 0 fully saturated rings. The van der Waals surface area contributed by atoms with Crippen LogP contribution in [0.25, 0.3) is 0 Å². The number of halogens is 1. The van der Waals surface area contributed by atoms with Gasteiger partial charge in [-0.15, -0.1) is 12.4 Å². The van der Waals surface area contributed by atoms with Crippen molar-refractivity contribution in [2.24, 2.45) is 5.73 Å². The summed E-state index contributed by atoms with van der Waals surface area (Å²) in [6.45, 7) is 0. The summed E-state index contributed by atoms with van der Waals surface area (Å²) in [5, 5.41) is 22.8. The van der Waals surface area contributed by atoms with E-state index in [1.165, 1.54) is 18.2 Å². The molecular weight excluding hydrogens is 246 g/mol. The molecular formula is C11H12ClNO2S. The highest BCUT2D eigenvalue weighted by Gasteiger charge is 2.13. The average Bonchev–Trinajstić information content (AvgIpc) is 2.74. The second kappa shape index (κ2) is 5.21. The van der Waals surface area contributed by atoms with Gasteiger partial charge in [0.2, 0.25) is 0 Å². The maximum atomic E-state index is 9.62. The second-order valence-electron chi connectivity index (χ2n) is 3.28. The molecule has 0 aliphatic rings. The Kier molecular flexibility index (Phi) is 4.18. The van der Waals surface area contributed by atoms with E-state index >= 15 is 0 Å². The van der Waals surface area contributed by atoms with Gasteiger partial charge in [0.15, 0.2) is 0 Å². The summed E-state index contributed by atoms with van der Waals surface area (Å²) in [7, 11) is 0. The number of rotatable bonds is 2. The van der Waals surface area contributed by atoms with Crippen LogP contribution in [0.2, 0.25) is 0 Å². The molecule has 0 unspecified atom stereocenters. The smallest absolute Gasteiger partial charge is 0.120 e. The monoisotopic (exact) mass is 257 g/mol. The Morgan fingerprint density at radius 1 is 1.19 bits per heavy atom. The van der Waals surface area contributed by atoms with Gasteiger partial charge in [-0.3, -0.25) is 0 Å². The molecule has 2 aromatic rings. The number of thiophene rings is 1. The fourth-order valence-corrected chi connectivity index (χ4v) is 2.12. The van der Waals surface area contributed by atoms with Gasteiger partial charge in [-0.2, -0.15) is 11.3 Å². The molecule has 1 heterocycles. The van der Waals surface area contributed by atoms with E-state index < -0.39 is 6.04 Å². The molecule has 0 radical (unpaired) electrons. The van der Waals surface area contributed by atoms with Crippen LogP contribution in [0, 0.1) is 0 Å². The zero-order valence-electron chi connectivity index (χ0n) is 8.33. The summed E-state index contributed by atoms with van der Waals surface area (Å²) < 4.78 is 0. The molecule has 0 amide bonds. The van der Waals surface area contributed by atoms with Gasteiger partial charge in [-0.25, -0.2) is 0 Å². The SMILES string of the molecule is Cl.N[C@H](c1ccsc1)c1cc(O)ccc1O. The zero-order chi connectivity index (χ0) is 10.8. The molecule has 3 nitrogen and oxygen atoms in total. The van der Waals surface area contributed by atoms with Crippen molar-refractivity contribution in [3.8, 4) is 11.5 Å². The van der Waals surface area contributed by atoms with Gasteiger partial charge >= 0.3 is 0 Å². The zero-order valence-corrected chi connectivity index (χ0v) is 9.96. The molecule has 16 heavy (non-hydrogen) atoms. The predicted molar refractivity (Wildman–Crippen MR) is 67.4 cm³/mol. The van der Waals surface area contributed by atoms with Crippen molar-refractivity contribution >= 4 is 23.7 Å². The highest BCUT2D eigenvalue weighted by molar-refractivity contribution is 7.08. The standard InChI is InChI=1S/C11H11NO2S.ClH/c12-11(7-3-4-15-6-7)9-5-8(13)1-2-10(9)14;/h1-6,11,13-14H,12H2;1H/t11-;/m1./s1. The number of phenolic OH excluding ortho intramolecular Hbond substituents is 2. The molecule has 1 aromatic heterocycles. The summed E-state index contributed by atoms with van der Waals surface area (Å²) >= 11 is 1.55. The number of nitrogens with two attached hydrogens (primary N) is 1. The molecule has 0 saturated heterocycles. The molecule has 1 atom stereocenters. The maximum absolute atomic E-state index is 9.62. The van der Waals surface area contributed by atoms with E-state index in [1.54, 1.807) is 11.3 Å². The summed E-state index contributed by atoms with van der Waals surface area (Å²) in [5.41, 5.74) is 7.43. The topological polar surface area (TPSA) is 66.5 Å². The van der Waals surface area contributed by atoms with Crippen LogP contribution in [0.5, 0.6) is 11.5 Å². The van der Waals surface area contributed by atoms with E-state index in [-0.39, 0.29) is 23.9 Å². The summed E-state index contributed by atoms with van der Waals surface area (Å²) in [5.74, 6) is 0.208. The summed E-state index contributed by atoms with van der Waals surface area (Å²) in [4.78, 5) is 0. The highest BCUT2D eigenvalue weighted by atomic mass is 35.5. The van der Waals surface area contributed by atoms with E-state index in [0.717, 1.165) is 5.56 Å². The van der Waals surface area contributed by atoms with Crippen molar-refractivity contribution in [1.29, 1.82) is 0 Å². The lowest BCUT2D eigenvalue weighted by Crippen LogP contribution is -2.10. The fourth-order valence-electron chi connectivity index (χ4n) is 1.42. The van der Waals surface area contributed by atoms with Crippen molar-refractivity contribution in [2.45, 2.75) is 6.04 Å². The highest BCUT2D eigenvalue weighted by Crippen LogP contribution is 2.31. The van der Waals surface area contributed by atoms with E-state index in [4.69, 9.17) is 5.73 Å². The Bertz CT molecular complexity index is 459. The van der Waals surface area contributed by atoms with Crippen LogP contribution in [0.15, 0.2) is 35.0 Å². The second-order valence-corrected chi connectivity index (χ2v) is 4.06. The molecule has 0 saturated carbocycles. The van der Waals surface area contributed by atoms with Crippen LogP contribution in [-0.2, 0) is 0 Å². The third-order valence-corrected chi connectivity index (χ3v) is 2.95. The van der Waals surface area contributed by atoms with Gasteiger partial charge in [-0.05, 0) is 40.6 Å². The number of hydrogen-bond acceptors (Lipinski definition) is 4. The Morgan fingerprint density at radius 2 is 1.94 bits per heavy atom. The van der Waals surface area contributed by atoms with E-state index in [0.29, 0.717) is 5.56 Å². The van der Waals surface area contributed by atoms with E-state index in [1.807, 2.05) is 16.8 Å².